The van der Waals surface area contributed by atoms with Gasteiger partial charge in [0, 0.05) is 17.4 Å². The number of nitrogens with zero attached hydrogens (tertiary/aromatic N) is 1. The standard InChI is InChI=1S/C13H15N3O2/c1-3-9-4-5-10(7-11(9)14)15-13(17)12-6-8(2)16-18-12/h4-7H,3,14H2,1-2H3,(H,15,17). The molecule has 5 nitrogen and oxygen atoms in total. The molecule has 0 atom stereocenters. The van der Waals surface area contributed by atoms with Gasteiger partial charge in [0.05, 0.1) is 5.69 Å². The first-order valence-electron chi connectivity index (χ1n) is 5.73. The van der Waals surface area contributed by atoms with Crippen molar-refractivity contribution in [1.82, 2.24) is 5.16 Å². The Bertz CT molecular complexity index is 575. The number of rotatable bonds is 3. The molecular formula is C13H15N3O2. The van der Waals surface area contributed by atoms with E-state index in [1.165, 1.54) is 0 Å². The van der Waals surface area contributed by atoms with Crippen LogP contribution in [0.1, 0.15) is 28.7 Å². The quantitative estimate of drug-likeness (QED) is 0.813. The third-order valence-corrected chi connectivity index (χ3v) is 2.64. The van der Waals surface area contributed by atoms with Crippen LogP contribution in [0.15, 0.2) is 28.8 Å². The number of amides is 1. The molecule has 0 saturated carbocycles. The summed E-state index contributed by atoms with van der Waals surface area (Å²) in [5.41, 5.74) is 8.90. The van der Waals surface area contributed by atoms with Crippen LogP contribution in [-0.2, 0) is 6.42 Å². The van der Waals surface area contributed by atoms with Gasteiger partial charge in [-0.3, -0.25) is 4.79 Å². The first-order chi connectivity index (χ1) is 8.60. The van der Waals surface area contributed by atoms with Gasteiger partial charge >= 0.3 is 0 Å². The molecule has 1 aromatic carbocycles. The number of benzene rings is 1. The highest BCUT2D eigenvalue weighted by Gasteiger charge is 2.12. The summed E-state index contributed by atoms with van der Waals surface area (Å²) in [5.74, 6) is -0.148. The summed E-state index contributed by atoms with van der Waals surface area (Å²) < 4.78 is 4.88. The average Bonchev–Trinajstić information content (AvgIpc) is 2.76. The minimum atomic E-state index is -0.334. The molecule has 0 fully saturated rings. The first kappa shape index (κ1) is 12.2. The zero-order chi connectivity index (χ0) is 13.1. The van der Waals surface area contributed by atoms with Crippen LogP contribution in [0.25, 0.3) is 0 Å². The highest BCUT2D eigenvalue weighted by atomic mass is 16.5. The molecule has 1 amide bonds. The van der Waals surface area contributed by atoms with Gasteiger partial charge in [-0.2, -0.15) is 0 Å². The van der Waals surface area contributed by atoms with Gasteiger partial charge in [-0.1, -0.05) is 18.1 Å². The Morgan fingerprint density at radius 3 is 2.78 bits per heavy atom. The molecule has 2 rings (SSSR count). The molecular weight excluding hydrogens is 230 g/mol. The van der Waals surface area contributed by atoms with Gasteiger partial charge in [-0.15, -0.1) is 0 Å². The maximum absolute atomic E-state index is 11.8. The summed E-state index contributed by atoms with van der Waals surface area (Å²) in [6.07, 6.45) is 0.862. The van der Waals surface area contributed by atoms with Crippen LogP contribution >= 0.6 is 0 Å². The Hall–Kier alpha value is -2.30. The van der Waals surface area contributed by atoms with Crippen molar-refractivity contribution in [2.24, 2.45) is 0 Å². The molecule has 1 aromatic heterocycles. The van der Waals surface area contributed by atoms with Gasteiger partial charge in [-0.05, 0) is 31.0 Å². The number of nitrogens with two attached hydrogens (primary N) is 1. The maximum atomic E-state index is 11.8. The summed E-state index contributed by atoms with van der Waals surface area (Å²) >= 11 is 0. The van der Waals surface area contributed by atoms with Crippen LogP contribution in [0.2, 0.25) is 0 Å². The third-order valence-electron chi connectivity index (χ3n) is 2.64. The topological polar surface area (TPSA) is 81.2 Å². The zero-order valence-electron chi connectivity index (χ0n) is 10.4. The fourth-order valence-corrected chi connectivity index (χ4v) is 1.66. The van der Waals surface area contributed by atoms with E-state index in [-0.39, 0.29) is 11.7 Å². The highest BCUT2D eigenvalue weighted by Crippen LogP contribution is 2.19. The molecule has 0 saturated heterocycles. The zero-order valence-corrected chi connectivity index (χ0v) is 10.4. The lowest BCUT2D eigenvalue weighted by Crippen LogP contribution is -2.11. The summed E-state index contributed by atoms with van der Waals surface area (Å²) in [6.45, 7) is 3.79. The highest BCUT2D eigenvalue weighted by molar-refractivity contribution is 6.02. The number of carbonyl (C=O) groups is 1. The maximum Gasteiger partial charge on any atom is 0.294 e. The Labute approximate surface area is 105 Å². The van der Waals surface area contributed by atoms with Gasteiger partial charge in [-0.25, -0.2) is 0 Å². The van der Waals surface area contributed by atoms with Crippen molar-refractivity contribution in [3.8, 4) is 0 Å². The third kappa shape index (κ3) is 2.51. The van der Waals surface area contributed by atoms with E-state index in [1.54, 1.807) is 19.1 Å². The molecule has 0 spiro atoms. The second-order valence-corrected chi connectivity index (χ2v) is 4.05. The van der Waals surface area contributed by atoms with Crippen LogP contribution in [0.3, 0.4) is 0 Å². The molecule has 3 N–H and O–H groups in total. The second-order valence-electron chi connectivity index (χ2n) is 4.05. The number of hydrogen-bond donors (Lipinski definition) is 2. The van der Waals surface area contributed by atoms with Crippen molar-refractivity contribution in [3.63, 3.8) is 0 Å². The van der Waals surface area contributed by atoms with Crippen molar-refractivity contribution in [2.45, 2.75) is 20.3 Å². The number of hydrogen-bond acceptors (Lipinski definition) is 4. The van der Waals surface area contributed by atoms with E-state index in [9.17, 15) is 4.79 Å². The van der Waals surface area contributed by atoms with E-state index in [2.05, 4.69) is 10.5 Å². The molecule has 0 unspecified atom stereocenters. The number of nitrogen functional groups attached to an aromatic ring is 1. The minimum absolute atomic E-state index is 0.186. The fourth-order valence-electron chi connectivity index (χ4n) is 1.66. The summed E-state index contributed by atoms with van der Waals surface area (Å²) in [5, 5.41) is 6.37. The summed E-state index contributed by atoms with van der Waals surface area (Å²) in [4.78, 5) is 11.8. The van der Waals surface area contributed by atoms with E-state index in [0.717, 1.165) is 12.0 Å². The lowest BCUT2D eigenvalue weighted by Gasteiger charge is -2.07. The summed E-state index contributed by atoms with van der Waals surface area (Å²) in [6, 6.07) is 7.03. The van der Waals surface area contributed by atoms with Crippen molar-refractivity contribution in [1.29, 1.82) is 0 Å². The Morgan fingerprint density at radius 2 is 2.22 bits per heavy atom. The summed E-state index contributed by atoms with van der Waals surface area (Å²) in [7, 11) is 0. The van der Waals surface area contributed by atoms with Gasteiger partial charge in [0.1, 0.15) is 0 Å². The molecule has 0 bridgehead atoms. The van der Waals surface area contributed by atoms with Crippen LogP contribution < -0.4 is 11.1 Å². The smallest absolute Gasteiger partial charge is 0.294 e. The minimum Gasteiger partial charge on any atom is -0.398 e. The van der Waals surface area contributed by atoms with E-state index in [1.807, 2.05) is 19.1 Å². The Balaban J connectivity index is 2.14. The molecule has 5 heteroatoms. The van der Waals surface area contributed by atoms with Crippen LogP contribution in [-0.4, -0.2) is 11.1 Å². The first-order valence-corrected chi connectivity index (χ1v) is 5.73. The molecule has 0 radical (unpaired) electrons. The molecule has 94 valence electrons. The second kappa shape index (κ2) is 4.91. The number of anilines is 2. The molecule has 0 aliphatic carbocycles. The van der Waals surface area contributed by atoms with Gasteiger partial charge in [0.15, 0.2) is 0 Å². The fraction of sp³-hybridized carbons (Fsp3) is 0.231. The molecule has 18 heavy (non-hydrogen) atoms. The lowest BCUT2D eigenvalue weighted by atomic mass is 10.1. The van der Waals surface area contributed by atoms with Crippen LogP contribution in [0.5, 0.6) is 0 Å². The number of aryl methyl sites for hydroxylation is 2. The monoisotopic (exact) mass is 245 g/mol. The van der Waals surface area contributed by atoms with E-state index in [0.29, 0.717) is 17.1 Å². The lowest BCUT2D eigenvalue weighted by molar-refractivity contribution is 0.0988. The van der Waals surface area contributed by atoms with Crippen LogP contribution in [0.4, 0.5) is 11.4 Å². The van der Waals surface area contributed by atoms with Gasteiger partial charge in [0.25, 0.3) is 5.91 Å². The van der Waals surface area contributed by atoms with Crippen molar-refractivity contribution in [2.75, 3.05) is 11.1 Å². The van der Waals surface area contributed by atoms with Crippen LogP contribution in [0, 0.1) is 6.92 Å². The predicted octanol–water partition coefficient (Wildman–Crippen LogP) is 2.38. The Morgan fingerprint density at radius 1 is 1.44 bits per heavy atom. The molecule has 0 aliphatic heterocycles. The van der Waals surface area contributed by atoms with E-state index >= 15 is 0 Å². The Kier molecular flexibility index (Phi) is 3.32. The molecule has 0 aliphatic rings. The number of nitrogens with one attached hydrogen (secondary N) is 1. The van der Waals surface area contributed by atoms with Crippen molar-refractivity contribution >= 4 is 17.3 Å². The normalized spacial score (nSPS) is 10.3. The average molecular weight is 245 g/mol. The van der Waals surface area contributed by atoms with E-state index < -0.39 is 0 Å². The number of aromatic nitrogens is 1. The number of carbonyl (C=O) groups excluding carboxylic acids is 1. The molecule has 1 heterocycles. The van der Waals surface area contributed by atoms with E-state index in [4.69, 9.17) is 10.3 Å². The predicted molar refractivity (Wildman–Crippen MR) is 69.4 cm³/mol. The SMILES string of the molecule is CCc1ccc(NC(=O)c2cc(C)no2)cc1N. The van der Waals surface area contributed by atoms with Crippen molar-refractivity contribution < 1.29 is 9.32 Å². The van der Waals surface area contributed by atoms with Gasteiger partial charge < -0.3 is 15.6 Å². The largest absolute Gasteiger partial charge is 0.398 e. The van der Waals surface area contributed by atoms with Crippen molar-refractivity contribution in [3.05, 3.63) is 41.3 Å². The molecule has 2 aromatic rings. The van der Waals surface area contributed by atoms with Gasteiger partial charge in [0.2, 0.25) is 5.76 Å².